The van der Waals surface area contributed by atoms with Crippen LogP contribution in [0.5, 0.6) is 5.75 Å². The fraction of sp³-hybridized carbons (Fsp3) is 0.304. The summed E-state index contributed by atoms with van der Waals surface area (Å²) in [6, 6.07) is 12.1. The van der Waals surface area contributed by atoms with Crippen LogP contribution in [0.4, 0.5) is 11.6 Å². The van der Waals surface area contributed by atoms with E-state index in [1.54, 1.807) is 6.20 Å². The van der Waals surface area contributed by atoms with Gasteiger partial charge in [0.25, 0.3) is 0 Å². The number of aryl methyl sites for hydroxylation is 3. The van der Waals surface area contributed by atoms with Gasteiger partial charge in [-0.1, -0.05) is 36.7 Å². The summed E-state index contributed by atoms with van der Waals surface area (Å²) < 4.78 is 7.11. The van der Waals surface area contributed by atoms with Gasteiger partial charge >= 0.3 is 5.56 Å². The van der Waals surface area contributed by atoms with Crippen LogP contribution in [0.3, 0.4) is 0 Å². The quantitative estimate of drug-likeness (QED) is 0.638. The molecule has 150 valence electrons. The van der Waals surface area contributed by atoms with E-state index in [0.29, 0.717) is 17.5 Å². The topological polar surface area (TPSA) is 56.1 Å². The van der Waals surface area contributed by atoms with Crippen molar-refractivity contribution in [2.45, 2.75) is 39.2 Å². The van der Waals surface area contributed by atoms with E-state index in [1.807, 2.05) is 28.8 Å². The molecule has 6 heteroatoms. The highest BCUT2D eigenvalue weighted by molar-refractivity contribution is 6.30. The van der Waals surface area contributed by atoms with Gasteiger partial charge in [-0.15, -0.1) is 0 Å². The number of fused-ring (bicyclic) bond motifs is 1. The van der Waals surface area contributed by atoms with Crippen molar-refractivity contribution in [3.8, 4) is 5.75 Å². The number of nitrogens with zero attached hydrogens (tertiary/aromatic N) is 2. The van der Waals surface area contributed by atoms with E-state index < -0.39 is 0 Å². The number of benzene rings is 2. The van der Waals surface area contributed by atoms with E-state index in [1.165, 1.54) is 30.2 Å². The zero-order chi connectivity index (χ0) is 20.4. The first-order chi connectivity index (χ1) is 14.1. The highest BCUT2D eigenvalue weighted by Gasteiger charge is 2.16. The van der Waals surface area contributed by atoms with Gasteiger partial charge in [0.1, 0.15) is 0 Å². The van der Waals surface area contributed by atoms with Crippen LogP contribution in [0.15, 0.2) is 47.4 Å². The third kappa shape index (κ3) is 4.15. The first-order valence-corrected chi connectivity index (χ1v) is 10.3. The molecule has 2 aromatic carbocycles. The third-order valence-corrected chi connectivity index (χ3v) is 5.65. The average molecular weight is 410 g/mol. The molecule has 1 aliphatic rings. The van der Waals surface area contributed by atoms with Crippen molar-refractivity contribution >= 4 is 23.2 Å². The molecular weight excluding hydrogens is 386 g/mol. The number of hydrogen-bond donors (Lipinski definition) is 1. The second kappa shape index (κ2) is 8.29. The van der Waals surface area contributed by atoms with Crippen LogP contribution in [0.1, 0.15) is 35.6 Å². The maximum absolute atomic E-state index is 12.3. The van der Waals surface area contributed by atoms with Crippen molar-refractivity contribution in [2.24, 2.45) is 0 Å². The van der Waals surface area contributed by atoms with E-state index in [9.17, 15) is 4.79 Å². The molecule has 0 radical (unpaired) electrons. The van der Waals surface area contributed by atoms with Gasteiger partial charge in [-0.3, -0.25) is 4.79 Å². The van der Waals surface area contributed by atoms with E-state index >= 15 is 0 Å². The zero-order valence-electron chi connectivity index (χ0n) is 16.7. The summed E-state index contributed by atoms with van der Waals surface area (Å²) in [4.78, 5) is 16.6. The molecule has 1 aromatic heterocycles. The third-order valence-electron chi connectivity index (χ3n) is 5.39. The molecule has 0 fully saturated rings. The minimum absolute atomic E-state index is 0.217. The van der Waals surface area contributed by atoms with Crippen molar-refractivity contribution < 1.29 is 4.74 Å². The van der Waals surface area contributed by atoms with Crippen molar-refractivity contribution in [2.75, 3.05) is 12.4 Å². The molecule has 1 aliphatic carbocycles. The predicted molar refractivity (Wildman–Crippen MR) is 117 cm³/mol. The van der Waals surface area contributed by atoms with E-state index in [4.69, 9.17) is 16.3 Å². The van der Waals surface area contributed by atoms with Crippen molar-refractivity contribution in [1.82, 2.24) is 9.55 Å². The SMILES string of the molecule is CCc1cc2c(cc1Nc1nc(=O)c(OC)cn1Cc1ccc(Cl)cc1)CCC2. The van der Waals surface area contributed by atoms with Gasteiger partial charge in [0.2, 0.25) is 11.7 Å². The maximum Gasteiger partial charge on any atom is 0.316 e. The number of halogens is 1. The van der Waals surface area contributed by atoms with E-state index in [2.05, 4.69) is 29.4 Å². The molecule has 0 saturated heterocycles. The van der Waals surface area contributed by atoms with Gasteiger partial charge in [0.05, 0.1) is 19.9 Å². The molecule has 5 nitrogen and oxygen atoms in total. The molecule has 1 heterocycles. The Labute approximate surface area is 175 Å². The second-order valence-electron chi connectivity index (χ2n) is 7.30. The number of anilines is 2. The van der Waals surface area contributed by atoms with Crippen LogP contribution < -0.4 is 15.6 Å². The molecule has 0 atom stereocenters. The number of nitrogens with one attached hydrogen (secondary N) is 1. The predicted octanol–water partition coefficient (Wildman–Crippen LogP) is 4.75. The monoisotopic (exact) mass is 409 g/mol. The lowest BCUT2D eigenvalue weighted by molar-refractivity contribution is 0.402. The summed E-state index contributed by atoms with van der Waals surface area (Å²) in [7, 11) is 1.48. The number of ether oxygens (including phenoxy) is 1. The summed E-state index contributed by atoms with van der Waals surface area (Å²) >= 11 is 6.01. The van der Waals surface area contributed by atoms with Gasteiger partial charge in [-0.25, -0.2) is 0 Å². The maximum atomic E-state index is 12.3. The summed E-state index contributed by atoms with van der Waals surface area (Å²) in [5, 5.41) is 4.10. The van der Waals surface area contributed by atoms with Gasteiger partial charge in [-0.2, -0.15) is 4.98 Å². The van der Waals surface area contributed by atoms with Crippen LogP contribution in [0, 0.1) is 0 Å². The standard InChI is InChI=1S/C23H24ClN3O2/c1-3-16-11-17-5-4-6-18(17)12-20(16)25-23-26-22(28)21(29-2)14-27(23)13-15-7-9-19(24)10-8-15/h7-12,14H,3-6,13H2,1-2H3,(H,25,26,28). The summed E-state index contributed by atoms with van der Waals surface area (Å²) in [5.41, 5.74) is 5.72. The summed E-state index contributed by atoms with van der Waals surface area (Å²) in [6.07, 6.45) is 6.05. The molecule has 3 aromatic rings. The van der Waals surface area contributed by atoms with Crippen LogP contribution in [-0.4, -0.2) is 16.7 Å². The minimum Gasteiger partial charge on any atom is -0.490 e. The molecule has 0 aliphatic heterocycles. The number of methoxy groups -OCH3 is 1. The Morgan fingerprint density at radius 1 is 1.17 bits per heavy atom. The highest BCUT2D eigenvalue weighted by atomic mass is 35.5. The lowest BCUT2D eigenvalue weighted by Crippen LogP contribution is -2.19. The number of hydrogen-bond acceptors (Lipinski definition) is 4. The smallest absolute Gasteiger partial charge is 0.316 e. The first kappa shape index (κ1) is 19.5. The molecular formula is C23H24ClN3O2. The zero-order valence-corrected chi connectivity index (χ0v) is 17.4. The normalized spacial score (nSPS) is 12.7. The molecule has 0 saturated carbocycles. The van der Waals surface area contributed by atoms with Crippen LogP contribution in [0.2, 0.25) is 5.02 Å². The molecule has 4 rings (SSSR count). The molecule has 0 unspecified atom stereocenters. The van der Waals surface area contributed by atoms with Crippen LogP contribution >= 0.6 is 11.6 Å². The molecule has 0 spiro atoms. The van der Waals surface area contributed by atoms with E-state index in [-0.39, 0.29) is 11.3 Å². The molecule has 1 N–H and O–H groups in total. The Hall–Kier alpha value is -2.79. The highest BCUT2D eigenvalue weighted by Crippen LogP contribution is 2.30. The minimum atomic E-state index is -0.387. The van der Waals surface area contributed by atoms with E-state index in [0.717, 1.165) is 30.5 Å². The summed E-state index contributed by atoms with van der Waals surface area (Å²) in [5.74, 6) is 0.715. The Bertz CT molecular complexity index is 1090. The Morgan fingerprint density at radius 2 is 1.90 bits per heavy atom. The second-order valence-corrected chi connectivity index (χ2v) is 7.74. The lowest BCUT2D eigenvalue weighted by atomic mass is 10.0. The number of aromatic nitrogens is 2. The average Bonchev–Trinajstić information content (AvgIpc) is 3.18. The fourth-order valence-corrected chi connectivity index (χ4v) is 3.95. The van der Waals surface area contributed by atoms with Gasteiger partial charge < -0.3 is 14.6 Å². The first-order valence-electron chi connectivity index (χ1n) is 9.89. The molecule has 0 bridgehead atoms. The van der Waals surface area contributed by atoms with Gasteiger partial charge in [0, 0.05) is 10.7 Å². The Morgan fingerprint density at radius 3 is 2.59 bits per heavy atom. The van der Waals surface area contributed by atoms with Crippen molar-refractivity contribution in [1.29, 1.82) is 0 Å². The lowest BCUT2D eigenvalue weighted by Gasteiger charge is -2.18. The van der Waals surface area contributed by atoms with Crippen molar-refractivity contribution in [3.63, 3.8) is 0 Å². The summed E-state index contributed by atoms with van der Waals surface area (Å²) in [6.45, 7) is 2.68. The molecule has 29 heavy (non-hydrogen) atoms. The Balaban J connectivity index is 1.74. The van der Waals surface area contributed by atoms with Crippen LogP contribution in [0.25, 0.3) is 0 Å². The molecule has 0 amide bonds. The van der Waals surface area contributed by atoms with Crippen molar-refractivity contribution in [3.05, 3.63) is 80.2 Å². The Kier molecular flexibility index (Phi) is 5.58. The van der Waals surface area contributed by atoms with Gasteiger partial charge in [0.15, 0.2) is 0 Å². The largest absolute Gasteiger partial charge is 0.490 e. The van der Waals surface area contributed by atoms with Gasteiger partial charge in [-0.05, 0) is 66.1 Å². The fourth-order valence-electron chi connectivity index (χ4n) is 3.82. The number of rotatable bonds is 6. The van der Waals surface area contributed by atoms with Crippen LogP contribution in [-0.2, 0) is 25.8 Å².